The van der Waals surface area contributed by atoms with E-state index < -0.39 is 69.7 Å². The second-order valence-corrected chi connectivity index (χ2v) is 15.0. The van der Waals surface area contributed by atoms with Gasteiger partial charge in [-0.15, -0.1) is 0 Å². The summed E-state index contributed by atoms with van der Waals surface area (Å²) in [6.45, 7) is 9.27. The van der Waals surface area contributed by atoms with Crippen LogP contribution in [0.15, 0.2) is 23.3 Å². The molecule has 0 aliphatic heterocycles. The molecule has 0 aromatic heterocycles. The number of aliphatic hydroxyl groups is 3. The number of carbonyl (C=O) groups is 3. The first-order chi connectivity index (χ1) is 19.4. The molecule has 43 heavy (non-hydrogen) atoms. The van der Waals surface area contributed by atoms with Crippen molar-refractivity contribution < 1.29 is 67.6 Å². The van der Waals surface area contributed by atoms with Crippen molar-refractivity contribution in [1.82, 2.24) is 0 Å². The molecule has 0 radical (unpaired) electrons. The highest BCUT2D eigenvalue weighted by molar-refractivity contribution is 6.04. The third kappa shape index (κ3) is 6.00. The van der Waals surface area contributed by atoms with E-state index in [0.29, 0.717) is 17.6 Å². The van der Waals surface area contributed by atoms with Gasteiger partial charge in [-0.3, -0.25) is 14.4 Å². The third-order valence-corrected chi connectivity index (χ3v) is 10.7. The average molecular weight is 718 g/mol. The summed E-state index contributed by atoms with van der Waals surface area (Å²) in [6, 6.07) is 0. The Balaban J connectivity index is 0.00000506. The molecule has 244 valence electrons. The molecule has 0 spiro atoms. The smallest absolute Gasteiger partial charge is 0.306 e. The van der Waals surface area contributed by atoms with E-state index in [2.05, 4.69) is 21.1 Å². The van der Waals surface area contributed by atoms with Crippen molar-refractivity contribution in [2.75, 3.05) is 34.3 Å². The van der Waals surface area contributed by atoms with Gasteiger partial charge in [-0.2, -0.15) is 0 Å². The monoisotopic (exact) mass is 717 g/mol. The number of hydrogen-bond donors (Lipinski definition) is 3. The van der Waals surface area contributed by atoms with Gasteiger partial charge in [0.2, 0.25) is 0 Å². The number of rotatable bonds is 11. The van der Waals surface area contributed by atoms with Crippen LogP contribution in [-0.4, -0.2) is 94.7 Å². The highest BCUT2D eigenvalue weighted by Crippen LogP contribution is 2.77. The summed E-state index contributed by atoms with van der Waals surface area (Å²) >= 11 is 0. The van der Waals surface area contributed by atoms with E-state index in [-0.39, 0.29) is 43.4 Å². The second-order valence-electron chi connectivity index (χ2n) is 15.0. The molecule has 0 bridgehead atoms. The Kier molecular flexibility index (Phi) is 10.5. The van der Waals surface area contributed by atoms with Crippen LogP contribution in [0, 0.1) is 29.1 Å². The zero-order chi connectivity index (χ0) is 31.5. The number of ether oxygens (including phenoxy) is 2. The van der Waals surface area contributed by atoms with Gasteiger partial charge >= 0.3 is 11.9 Å². The van der Waals surface area contributed by atoms with Crippen LogP contribution in [0.4, 0.5) is 0 Å². The molecule has 9 nitrogen and oxygen atoms in total. The molecule has 4 aliphatic rings. The van der Waals surface area contributed by atoms with Gasteiger partial charge in [0.1, 0.15) is 11.7 Å². The molecule has 0 aromatic rings. The van der Waals surface area contributed by atoms with Crippen molar-refractivity contribution >= 4 is 17.7 Å². The lowest BCUT2D eigenvalue weighted by atomic mass is 9.59. The molecule has 0 aromatic carbocycles. The maximum atomic E-state index is 13.3. The summed E-state index contributed by atoms with van der Waals surface area (Å²) in [5, 5.41) is 34.7. The lowest BCUT2D eigenvalue weighted by Gasteiger charge is -2.53. The fourth-order valence-corrected chi connectivity index (χ4v) is 8.65. The molecule has 10 heteroatoms. The molecule has 1 unspecified atom stereocenters. The van der Waals surface area contributed by atoms with E-state index in [9.17, 15) is 29.7 Å². The van der Waals surface area contributed by atoms with Crippen LogP contribution in [0.2, 0.25) is 0 Å². The van der Waals surface area contributed by atoms with Gasteiger partial charge < -0.3 is 53.3 Å². The molecule has 0 saturated heterocycles. The number of hydrogen-bond acceptors (Lipinski definition) is 8. The van der Waals surface area contributed by atoms with Crippen LogP contribution in [0.3, 0.4) is 0 Å². The summed E-state index contributed by atoms with van der Waals surface area (Å²) in [7, 11) is 6.53. The number of aliphatic hydroxyl groups excluding tert-OH is 1. The van der Waals surface area contributed by atoms with Crippen LogP contribution in [0.25, 0.3) is 0 Å². The molecule has 4 aliphatic carbocycles. The number of halogens is 1. The van der Waals surface area contributed by atoms with E-state index in [1.807, 2.05) is 13.8 Å². The summed E-state index contributed by atoms with van der Waals surface area (Å²) in [5.41, 5.74) is -4.74. The number of quaternary nitrogens is 1. The number of esters is 2. The Hall–Kier alpha value is -1.34. The van der Waals surface area contributed by atoms with Gasteiger partial charge in [-0.25, -0.2) is 0 Å². The fraction of sp³-hybridized carbons (Fsp3) is 0.788. The molecule has 0 amide bonds. The summed E-state index contributed by atoms with van der Waals surface area (Å²) in [5.74, 6) is -4.34. The maximum absolute atomic E-state index is 13.3. The minimum Gasteiger partial charge on any atom is -1.00 e. The Morgan fingerprint density at radius 3 is 2.23 bits per heavy atom. The van der Waals surface area contributed by atoms with Crippen molar-refractivity contribution in [3.8, 4) is 0 Å². The molecule has 8 atom stereocenters. The normalized spacial score (nSPS) is 37.5. The predicted octanol–water partition coefficient (Wildman–Crippen LogP) is 0.103. The Labute approximate surface area is 273 Å². The number of nitrogens with zero attached hydrogens (tertiary/aromatic N) is 1. The fourth-order valence-electron chi connectivity index (χ4n) is 8.65. The van der Waals surface area contributed by atoms with Gasteiger partial charge in [0, 0.05) is 48.9 Å². The summed E-state index contributed by atoms with van der Waals surface area (Å²) in [4.78, 5) is 39.1. The molecule has 0 heterocycles. The number of fused-ring (bicyclic) bond motifs is 5. The van der Waals surface area contributed by atoms with Crippen LogP contribution in [0.1, 0.15) is 79.6 Å². The first-order valence-corrected chi connectivity index (χ1v) is 15.6. The minimum absolute atomic E-state index is 0. The predicted molar refractivity (Wildman–Crippen MR) is 157 cm³/mol. The van der Waals surface area contributed by atoms with Crippen molar-refractivity contribution in [3.05, 3.63) is 23.3 Å². The van der Waals surface area contributed by atoms with Crippen LogP contribution in [-0.2, 0) is 23.9 Å². The van der Waals surface area contributed by atoms with Crippen LogP contribution < -0.4 is 24.0 Å². The van der Waals surface area contributed by atoms with Gasteiger partial charge in [0.25, 0.3) is 0 Å². The summed E-state index contributed by atoms with van der Waals surface area (Å²) in [6.07, 6.45) is 7.33. The van der Waals surface area contributed by atoms with E-state index in [1.165, 1.54) is 6.92 Å². The number of ketones is 1. The molecule has 3 N–H and O–H groups in total. The van der Waals surface area contributed by atoms with Gasteiger partial charge in [0.05, 0.1) is 39.9 Å². The quantitative estimate of drug-likeness (QED) is 0.0904. The second kappa shape index (κ2) is 12.5. The number of Topliss-reactive ketones (excluding diaryl/α,β-unsaturated/α-hetero) is 1. The standard InChI is InChI=1S/C33H52NO8.HI/c1-20-16-25-31(39,28(20)38)18-23(19-35)17-24-27-30(4,5)33(27,42-22(3)36)29(21(2)32(24,25)40)41-26(37)14-12-10-9-11-13-15-34(6,7)8;/h16-17,21,24-25,27,29,35,39-40H,9-15,18-19H2,1-8H3;1H/q+1;/p-1/t21-,24+,25-,27?,29-,31-,32-,33-;/m1./s1. The molecule has 2 saturated carbocycles. The Morgan fingerprint density at radius 1 is 1.05 bits per heavy atom. The lowest BCUT2D eigenvalue weighted by molar-refractivity contribution is -0.870. The largest absolute Gasteiger partial charge is 1.00 e. The minimum atomic E-state index is -1.93. The molecule has 4 rings (SSSR count). The van der Waals surface area contributed by atoms with E-state index in [1.54, 1.807) is 26.0 Å². The Morgan fingerprint density at radius 2 is 1.65 bits per heavy atom. The van der Waals surface area contributed by atoms with Crippen LogP contribution in [0.5, 0.6) is 0 Å². The van der Waals surface area contributed by atoms with Crippen LogP contribution >= 0.6 is 0 Å². The SMILES string of the molecule is CC(=O)O[C@]12C([C@@H]3C=C(CO)C[C@]4(O)C(=O)C(C)=C[C@H]4[C@@]3(O)[C@H](C)[C@H]1OC(=O)CCCCCCC[N+](C)(C)C)C2(C)C.[I-]. The molecular formula is C33H52INO8. The van der Waals surface area contributed by atoms with E-state index in [4.69, 9.17) is 9.47 Å². The lowest BCUT2D eigenvalue weighted by Crippen LogP contribution is -3.00. The van der Waals surface area contributed by atoms with Crippen molar-refractivity contribution in [2.45, 2.75) is 102 Å². The van der Waals surface area contributed by atoms with Gasteiger partial charge in [0.15, 0.2) is 11.4 Å². The van der Waals surface area contributed by atoms with Crippen molar-refractivity contribution in [3.63, 3.8) is 0 Å². The molecular weight excluding hydrogens is 665 g/mol. The van der Waals surface area contributed by atoms with Crippen molar-refractivity contribution in [2.24, 2.45) is 29.1 Å². The zero-order valence-electron chi connectivity index (χ0n) is 27.1. The van der Waals surface area contributed by atoms with E-state index in [0.717, 1.165) is 36.7 Å². The van der Waals surface area contributed by atoms with Crippen molar-refractivity contribution in [1.29, 1.82) is 0 Å². The highest BCUT2D eigenvalue weighted by Gasteiger charge is 2.87. The summed E-state index contributed by atoms with van der Waals surface area (Å²) < 4.78 is 13.2. The average Bonchev–Trinajstić information content (AvgIpc) is 3.30. The Bertz CT molecular complexity index is 1170. The highest BCUT2D eigenvalue weighted by atomic mass is 127. The third-order valence-electron chi connectivity index (χ3n) is 10.7. The van der Waals surface area contributed by atoms with Gasteiger partial charge in [-0.1, -0.05) is 45.8 Å². The first kappa shape index (κ1) is 36.1. The molecule has 2 fully saturated rings. The topological polar surface area (TPSA) is 130 Å². The van der Waals surface area contributed by atoms with E-state index >= 15 is 0 Å². The zero-order valence-corrected chi connectivity index (χ0v) is 29.3. The maximum Gasteiger partial charge on any atom is 0.306 e. The van der Waals surface area contributed by atoms with Gasteiger partial charge in [-0.05, 0) is 37.3 Å². The first-order valence-electron chi connectivity index (χ1n) is 15.6. The number of unbranched alkanes of at least 4 members (excludes halogenated alkanes) is 4. The number of carbonyl (C=O) groups excluding carboxylic acids is 3.